The Bertz CT molecular complexity index is 1050. The van der Waals surface area contributed by atoms with E-state index < -0.39 is 23.4 Å². The number of ether oxygens (including phenoxy) is 1. The maximum Gasteiger partial charge on any atom is 0.345 e. The van der Waals surface area contributed by atoms with Crippen LogP contribution in [0, 0.1) is 17.0 Å². The first-order valence-electron chi connectivity index (χ1n) is 9.28. The van der Waals surface area contributed by atoms with Crippen LogP contribution in [0.25, 0.3) is 0 Å². The molecule has 3 aromatic rings. The number of para-hydroxylation sites is 1. The molecule has 3 rings (SSSR count). The lowest BCUT2D eigenvalue weighted by Crippen LogP contribution is -2.34. The Morgan fingerprint density at radius 2 is 1.57 bits per heavy atom. The molecule has 30 heavy (non-hydrogen) atoms. The summed E-state index contributed by atoms with van der Waals surface area (Å²) in [6.45, 7) is 1.34. The molecule has 0 bridgehead atoms. The highest BCUT2D eigenvalue weighted by atomic mass is 16.6. The minimum Gasteiger partial charge on any atom is -0.452 e. The van der Waals surface area contributed by atoms with E-state index in [0.29, 0.717) is 17.8 Å². The van der Waals surface area contributed by atoms with E-state index in [-0.39, 0.29) is 11.3 Å². The monoisotopic (exact) mass is 404 g/mol. The van der Waals surface area contributed by atoms with Gasteiger partial charge in [-0.05, 0) is 30.2 Å². The normalized spacial score (nSPS) is 10.3. The summed E-state index contributed by atoms with van der Waals surface area (Å²) in [5.41, 5.74) is 1.48. The standard InChI is InChI=1S/C23H20N2O5/c1-17-9-8-14-20(25(28)29)22(17)23(27)30-16-21(26)24(19-12-6-3-7-13-19)15-18-10-4-2-5-11-18/h2-14H,15-16H2,1H3. The Hall–Kier alpha value is -4.00. The van der Waals surface area contributed by atoms with Gasteiger partial charge in [0.05, 0.1) is 11.5 Å². The lowest BCUT2D eigenvalue weighted by Gasteiger charge is -2.23. The number of nitrogens with zero attached hydrogens (tertiary/aromatic N) is 2. The number of benzene rings is 3. The zero-order chi connectivity index (χ0) is 21.5. The van der Waals surface area contributed by atoms with Gasteiger partial charge < -0.3 is 9.64 Å². The fourth-order valence-electron chi connectivity index (χ4n) is 3.04. The van der Waals surface area contributed by atoms with Crippen molar-refractivity contribution in [1.29, 1.82) is 0 Å². The van der Waals surface area contributed by atoms with Crippen LogP contribution < -0.4 is 4.90 Å². The van der Waals surface area contributed by atoms with E-state index in [9.17, 15) is 19.7 Å². The number of anilines is 1. The van der Waals surface area contributed by atoms with Gasteiger partial charge in [0.25, 0.3) is 11.6 Å². The van der Waals surface area contributed by atoms with E-state index in [4.69, 9.17) is 4.74 Å². The predicted molar refractivity (Wildman–Crippen MR) is 112 cm³/mol. The second-order valence-electron chi connectivity index (χ2n) is 6.60. The third-order valence-corrected chi connectivity index (χ3v) is 4.53. The van der Waals surface area contributed by atoms with Gasteiger partial charge in [-0.1, -0.05) is 60.7 Å². The quantitative estimate of drug-likeness (QED) is 0.333. The molecule has 3 aromatic carbocycles. The molecule has 7 nitrogen and oxygen atoms in total. The minimum atomic E-state index is -0.902. The summed E-state index contributed by atoms with van der Waals surface area (Å²) in [7, 11) is 0. The fraction of sp³-hybridized carbons (Fsp3) is 0.130. The molecule has 0 atom stereocenters. The first-order valence-corrected chi connectivity index (χ1v) is 9.28. The SMILES string of the molecule is Cc1cccc([N+](=O)[O-])c1C(=O)OCC(=O)N(Cc1ccccc1)c1ccccc1. The minimum absolute atomic E-state index is 0.148. The molecule has 0 aliphatic heterocycles. The molecule has 0 saturated heterocycles. The van der Waals surface area contributed by atoms with Gasteiger partial charge >= 0.3 is 5.97 Å². The Morgan fingerprint density at radius 1 is 0.933 bits per heavy atom. The third-order valence-electron chi connectivity index (χ3n) is 4.53. The van der Waals surface area contributed by atoms with Crippen LogP contribution in [0.15, 0.2) is 78.9 Å². The molecule has 0 N–H and O–H groups in total. The summed E-state index contributed by atoms with van der Waals surface area (Å²) >= 11 is 0. The van der Waals surface area contributed by atoms with Crippen molar-refractivity contribution in [3.8, 4) is 0 Å². The van der Waals surface area contributed by atoms with Crippen LogP contribution in [0.5, 0.6) is 0 Å². The molecular weight excluding hydrogens is 384 g/mol. The Kier molecular flexibility index (Phi) is 6.54. The largest absolute Gasteiger partial charge is 0.452 e. The molecule has 0 fully saturated rings. The van der Waals surface area contributed by atoms with Crippen molar-refractivity contribution < 1.29 is 19.2 Å². The topological polar surface area (TPSA) is 89.7 Å². The van der Waals surface area contributed by atoms with Crippen molar-refractivity contribution in [2.45, 2.75) is 13.5 Å². The maximum atomic E-state index is 12.9. The predicted octanol–water partition coefficient (Wildman–Crippen LogP) is 4.29. The van der Waals surface area contributed by atoms with Crippen LogP contribution in [0.4, 0.5) is 11.4 Å². The zero-order valence-corrected chi connectivity index (χ0v) is 16.4. The summed E-state index contributed by atoms with van der Waals surface area (Å²) in [6.07, 6.45) is 0. The van der Waals surface area contributed by atoms with E-state index in [2.05, 4.69) is 0 Å². The van der Waals surface area contributed by atoms with Crippen LogP contribution >= 0.6 is 0 Å². The molecular formula is C23H20N2O5. The maximum absolute atomic E-state index is 12.9. The van der Waals surface area contributed by atoms with E-state index in [1.807, 2.05) is 48.5 Å². The molecule has 0 saturated carbocycles. The Balaban J connectivity index is 1.78. The van der Waals surface area contributed by atoms with Gasteiger partial charge in [-0.2, -0.15) is 0 Å². The van der Waals surface area contributed by atoms with Crippen molar-refractivity contribution in [1.82, 2.24) is 0 Å². The van der Waals surface area contributed by atoms with E-state index >= 15 is 0 Å². The smallest absolute Gasteiger partial charge is 0.345 e. The first-order chi connectivity index (χ1) is 14.5. The number of nitro groups is 1. The molecule has 0 aliphatic carbocycles. The highest BCUT2D eigenvalue weighted by molar-refractivity contribution is 5.99. The van der Waals surface area contributed by atoms with Gasteiger partial charge in [0.1, 0.15) is 5.56 Å². The molecule has 0 unspecified atom stereocenters. The number of rotatable bonds is 7. The van der Waals surface area contributed by atoms with Gasteiger partial charge in [0, 0.05) is 11.8 Å². The van der Waals surface area contributed by atoms with Crippen molar-refractivity contribution in [2.24, 2.45) is 0 Å². The third kappa shape index (κ3) is 4.88. The van der Waals surface area contributed by atoms with Crippen molar-refractivity contribution >= 4 is 23.3 Å². The van der Waals surface area contributed by atoms with Crippen molar-refractivity contribution in [3.05, 3.63) is 106 Å². The molecule has 0 aromatic heterocycles. The van der Waals surface area contributed by atoms with Gasteiger partial charge in [-0.3, -0.25) is 14.9 Å². The molecule has 152 valence electrons. The number of hydrogen-bond acceptors (Lipinski definition) is 5. The number of carbonyl (C=O) groups is 2. The summed E-state index contributed by atoms with van der Waals surface area (Å²) < 4.78 is 5.17. The summed E-state index contributed by atoms with van der Waals surface area (Å²) in [6, 6.07) is 22.8. The van der Waals surface area contributed by atoms with Gasteiger partial charge in [-0.15, -0.1) is 0 Å². The molecule has 0 heterocycles. The molecule has 0 spiro atoms. The second kappa shape index (κ2) is 9.47. The molecule has 0 aliphatic rings. The second-order valence-corrected chi connectivity index (χ2v) is 6.60. The highest BCUT2D eigenvalue weighted by Gasteiger charge is 2.25. The summed E-state index contributed by atoms with van der Waals surface area (Å²) in [4.78, 5) is 37.5. The average Bonchev–Trinajstić information content (AvgIpc) is 2.76. The molecule has 7 heteroatoms. The zero-order valence-electron chi connectivity index (χ0n) is 16.4. The van der Waals surface area contributed by atoms with Gasteiger partial charge in [-0.25, -0.2) is 4.79 Å². The highest BCUT2D eigenvalue weighted by Crippen LogP contribution is 2.23. The number of carbonyl (C=O) groups excluding carboxylic acids is 2. The van der Waals surface area contributed by atoms with E-state index in [1.165, 1.54) is 17.0 Å². The van der Waals surface area contributed by atoms with Crippen molar-refractivity contribution in [2.75, 3.05) is 11.5 Å². The van der Waals surface area contributed by atoms with Crippen LogP contribution in [-0.4, -0.2) is 23.4 Å². The van der Waals surface area contributed by atoms with E-state index in [1.54, 1.807) is 25.1 Å². The lowest BCUT2D eigenvalue weighted by atomic mass is 10.1. The Morgan fingerprint density at radius 3 is 2.20 bits per heavy atom. The molecule has 1 amide bonds. The number of amides is 1. The summed E-state index contributed by atoms with van der Waals surface area (Å²) in [5.74, 6) is -1.34. The van der Waals surface area contributed by atoms with E-state index in [0.717, 1.165) is 5.56 Å². The van der Waals surface area contributed by atoms with Crippen LogP contribution in [0.3, 0.4) is 0 Å². The van der Waals surface area contributed by atoms with Crippen LogP contribution in [0.1, 0.15) is 21.5 Å². The molecule has 0 radical (unpaired) electrons. The van der Waals surface area contributed by atoms with Gasteiger partial charge in [0.2, 0.25) is 0 Å². The number of esters is 1. The number of nitro benzene ring substituents is 1. The van der Waals surface area contributed by atoms with Crippen molar-refractivity contribution in [3.63, 3.8) is 0 Å². The van der Waals surface area contributed by atoms with Gasteiger partial charge in [0.15, 0.2) is 6.61 Å². The number of aryl methyl sites for hydroxylation is 1. The number of hydrogen-bond donors (Lipinski definition) is 0. The van der Waals surface area contributed by atoms with Crippen LogP contribution in [0.2, 0.25) is 0 Å². The fourth-order valence-corrected chi connectivity index (χ4v) is 3.04. The van der Waals surface area contributed by atoms with Crippen LogP contribution in [-0.2, 0) is 16.1 Å². The Labute approximate surface area is 173 Å². The average molecular weight is 404 g/mol. The first kappa shape index (κ1) is 20.7. The summed E-state index contributed by atoms with van der Waals surface area (Å²) in [5, 5.41) is 11.2. The lowest BCUT2D eigenvalue weighted by molar-refractivity contribution is -0.385.